The number of rotatable bonds is 6. The molecule has 0 saturated carbocycles. The lowest BCUT2D eigenvalue weighted by Gasteiger charge is -2.19. The molecule has 0 radical (unpaired) electrons. The van der Waals surface area contributed by atoms with Crippen LogP contribution in [0, 0.1) is 6.92 Å². The summed E-state index contributed by atoms with van der Waals surface area (Å²) in [6.07, 6.45) is 0. The molecule has 2 rings (SSSR count). The molecule has 7 heteroatoms. The maximum Gasteiger partial charge on any atom is 0.332 e. The number of aryl methyl sites for hydroxylation is 1. The van der Waals surface area contributed by atoms with Crippen LogP contribution in [0.2, 0.25) is 0 Å². The molecule has 0 aliphatic carbocycles. The van der Waals surface area contributed by atoms with Gasteiger partial charge in [-0.15, -0.1) is 0 Å². The Bertz CT molecular complexity index is 858. The molecule has 0 aliphatic rings. The summed E-state index contributed by atoms with van der Waals surface area (Å²) < 4.78 is 28.4. The van der Waals surface area contributed by atoms with Crippen molar-refractivity contribution < 1.29 is 18.3 Å². The van der Waals surface area contributed by atoms with Crippen LogP contribution in [-0.4, -0.2) is 19.5 Å². The van der Waals surface area contributed by atoms with E-state index < -0.39 is 22.0 Å². The normalized spacial score (nSPS) is 12.6. The van der Waals surface area contributed by atoms with Gasteiger partial charge in [0.2, 0.25) is 10.0 Å². The zero-order valence-corrected chi connectivity index (χ0v) is 15.3. The molecule has 0 aliphatic heterocycles. The Labute approximate surface area is 149 Å². The quantitative estimate of drug-likeness (QED) is 0.715. The first-order valence-corrected chi connectivity index (χ1v) is 9.25. The van der Waals surface area contributed by atoms with E-state index in [0.717, 1.165) is 10.0 Å². The fraction of sp³-hybridized carbons (Fsp3) is 0.118. The summed E-state index contributed by atoms with van der Waals surface area (Å²) in [5.41, 5.74) is 1.16. The van der Waals surface area contributed by atoms with Crippen LogP contribution < -0.4 is 4.72 Å². The average Bonchev–Trinajstić information content (AvgIpc) is 2.53. The van der Waals surface area contributed by atoms with Gasteiger partial charge in [-0.05, 0) is 36.8 Å². The van der Waals surface area contributed by atoms with Crippen molar-refractivity contribution in [3.05, 3.63) is 76.3 Å². The third-order valence-corrected chi connectivity index (χ3v) is 5.40. The van der Waals surface area contributed by atoms with E-state index in [1.807, 2.05) is 6.92 Å². The van der Waals surface area contributed by atoms with Crippen LogP contribution in [0.25, 0.3) is 0 Å². The predicted molar refractivity (Wildman–Crippen MR) is 95.2 cm³/mol. The lowest BCUT2D eigenvalue weighted by atomic mass is 10.0. The van der Waals surface area contributed by atoms with Crippen molar-refractivity contribution in [3.63, 3.8) is 0 Å². The summed E-state index contributed by atoms with van der Waals surface area (Å²) in [5, 5.41) is 9.23. The van der Waals surface area contributed by atoms with Crippen LogP contribution >= 0.6 is 15.9 Å². The van der Waals surface area contributed by atoms with Gasteiger partial charge >= 0.3 is 5.97 Å². The number of carboxylic acids is 1. The summed E-state index contributed by atoms with van der Waals surface area (Å²) in [7, 11) is -3.90. The largest absolute Gasteiger partial charge is 0.478 e. The van der Waals surface area contributed by atoms with Crippen molar-refractivity contribution in [2.75, 3.05) is 0 Å². The SMILES string of the molecule is C=C(C(=O)O)C(NS(=O)(=O)c1ccc(C)cc1)c1ccc(Br)cc1. The standard InChI is InChI=1S/C17H16BrNO4S/c1-11-3-9-15(10-4-11)24(22,23)19-16(12(2)17(20)21)13-5-7-14(18)8-6-13/h3-10,16,19H,2H2,1H3,(H,20,21). The third-order valence-electron chi connectivity index (χ3n) is 3.43. The first-order valence-electron chi connectivity index (χ1n) is 6.97. The zero-order valence-electron chi connectivity index (χ0n) is 12.9. The Morgan fingerprint density at radius 2 is 1.67 bits per heavy atom. The van der Waals surface area contributed by atoms with Gasteiger partial charge in [0.05, 0.1) is 16.5 Å². The van der Waals surface area contributed by atoms with Crippen LogP contribution in [0.5, 0.6) is 0 Å². The van der Waals surface area contributed by atoms with Crippen molar-refractivity contribution >= 4 is 31.9 Å². The van der Waals surface area contributed by atoms with Crippen molar-refractivity contribution in [3.8, 4) is 0 Å². The van der Waals surface area contributed by atoms with Crippen molar-refractivity contribution in [1.82, 2.24) is 4.72 Å². The maximum absolute atomic E-state index is 12.6. The molecule has 126 valence electrons. The first kappa shape index (κ1) is 18.4. The fourth-order valence-electron chi connectivity index (χ4n) is 2.06. The van der Waals surface area contributed by atoms with Gasteiger partial charge < -0.3 is 5.11 Å². The molecular weight excluding hydrogens is 394 g/mol. The molecule has 0 saturated heterocycles. The highest BCUT2D eigenvalue weighted by molar-refractivity contribution is 9.10. The molecular formula is C17H16BrNO4S. The Morgan fingerprint density at radius 3 is 2.17 bits per heavy atom. The molecule has 1 unspecified atom stereocenters. The minimum atomic E-state index is -3.90. The number of carboxylic acid groups (broad SMARTS) is 1. The number of carbonyl (C=O) groups is 1. The Balaban J connectivity index is 2.41. The van der Waals surface area contributed by atoms with Crippen molar-refractivity contribution in [2.24, 2.45) is 0 Å². The van der Waals surface area contributed by atoms with Crippen molar-refractivity contribution in [1.29, 1.82) is 0 Å². The van der Waals surface area contributed by atoms with Crippen LogP contribution in [0.1, 0.15) is 17.2 Å². The first-order chi connectivity index (χ1) is 11.2. The Morgan fingerprint density at radius 1 is 1.12 bits per heavy atom. The zero-order chi connectivity index (χ0) is 17.9. The lowest BCUT2D eigenvalue weighted by molar-refractivity contribution is -0.132. The molecule has 0 heterocycles. The lowest BCUT2D eigenvalue weighted by Crippen LogP contribution is -2.31. The minimum Gasteiger partial charge on any atom is -0.478 e. The smallest absolute Gasteiger partial charge is 0.332 e. The highest BCUT2D eigenvalue weighted by Gasteiger charge is 2.26. The Kier molecular flexibility index (Phi) is 5.58. The second kappa shape index (κ2) is 7.29. The van der Waals surface area contributed by atoms with Gasteiger partial charge in [-0.3, -0.25) is 0 Å². The molecule has 0 aromatic heterocycles. The molecule has 0 bridgehead atoms. The van der Waals surface area contributed by atoms with E-state index in [-0.39, 0.29) is 10.5 Å². The number of hydrogen-bond acceptors (Lipinski definition) is 3. The van der Waals surface area contributed by atoms with E-state index in [0.29, 0.717) is 5.56 Å². The van der Waals surface area contributed by atoms with E-state index >= 15 is 0 Å². The number of halogens is 1. The molecule has 0 spiro atoms. The predicted octanol–water partition coefficient (Wildman–Crippen LogP) is 3.42. The third kappa shape index (κ3) is 4.31. The van der Waals surface area contributed by atoms with Gasteiger partial charge in [-0.2, -0.15) is 4.72 Å². The summed E-state index contributed by atoms with van der Waals surface area (Å²) in [6.45, 7) is 5.36. The van der Waals surface area contributed by atoms with Gasteiger partial charge in [0, 0.05) is 4.47 Å². The van der Waals surface area contributed by atoms with Gasteiger partial charge in [-0.25, -0.2) is 13.2 Å². The monoisotopic (exact) mass is 409 g/mol. The van der Waals surface area contributed by atoms with Crippen LogP contribution in [0.4, 0.5) is 0 Å². The fourth-order valence-corrected chi connectivity index (χ4v) is 3.54. The average molecular weight is 410 g/mol. The maximum atomic E-state index is 12.6. The van der Waals surface area contributed by atoms with E-state index in [9.17, 15) is 18.3 Å². The minimum absolute atomic E-state index is 0.0633. The van der Waals surface area contributed by atoms with E-state index in [1.54, 1.807) is 36.4 Å². The van der Waals surface area contributed by atoms with E-state index in [4.69, 9.17) is 0 Å². The highest BCUT2D eigenvalue weighted by Crippen LogP contribution is 2.25. The number of nitrogens with one attached hydrogen (secondary N) is 1. The summed E-state index contributed by atoms with van der Waals surface area (Å²) in [6, 6.07) is 11.9. The topological polar surface area (TPSA) is 83.5 Å². The summed E-state index contributed by atoms with van der Waals surface area (Å²) >= 11 is 3.29. The number of sulfonamides is 1. The number of aliphatic carboxylic acids is 1. The van der Waals surface area contributed by atoms with Gasteiger partial charge in [0.15, 0.2) is 0 Å². The number of hydrogen-bond donors (Lipinski definition) is 2. The summed E-state index contributed by atoms with van der Waals surface area (Å²) in [4.78, 5) is 11.4. The molecule has 0 amide bonds. The van der Waals surface area contributed by atoms with Gasteiger partial charge in [0.25, 0.3) is 0 Å². The van der Waals surface area contributed by atoms with E-state index in [1.165, 1.54) is 12.1 Å². The van der Waals surface area contributed by atoms with Crippen LogP contribution in [0.15, 0.2) is 70.1 Å². The molecule has 24 heavy (non-hydrogen) atoms. The molecule has 2 N–H and O–H groups in total. The molecule has 0 fully saturated rings. The van der Waals surface area contributed by atoms with Gasteiger partial charge in [0.1, 0.15) is 0 Å². The summed E-state index contributed by atoms with van der Waals surface area (Å²) in [5.74, 6) is -1.27. The molecule has 2 aromatic carbocycles. The molecule has 1 atom stereocenters. The second-order valence-electron chi connectivity index (χ2n) is 5.25. The Hall–Kier alpha value is -1.96. The van der Waals surface area contributed by atoms with Crippen LogP contribution in [0.3, 0.4) is 0 Å². The number of benzene rings is 2. The van der Waals surface area contributed by atoms with Crippen LogP contribution in [-0.2, 0) is 14.8 Å². The highest BCUT2D eigenvalue weighted by atomic mass is 79.9. The molecule has 2 aromatic rings. The second-order valence-corrected chi connectivity index (χ2v) is 7.88. The van der Waals surface area contributed by atoms with Crippen molar-refractivity contribution in [2.45, 2.75) is 17.9 Å². The van der Waals surface area contributed by atoms with E-state index in [2.05, 4.69) is 27.2 Å². The molecule has 5 nitrogen and oxygen atoms in total. The van der Waals surface area contributed by atoms with Gasteiger partial charge in [-0.1, -0.05) is 52.3 Å².